The first-order chi connectivity index (χ1) is 12.0. The first kappa shape index (κ1) is 16.3. The molecule has 3 aromatic rings. The van der Waals surface area contributed by atoms with Crippen molar-refractivity contribution in [3.05, 3.63) is 46.7 Å². The maximum atomic E-state index is 12.8. The lowest BCUT2D eigenvalue weighted by Gasteiger charge is -2.33. The number of halogens is 3. The smallest absolute Gasteiger partial charge is 0.355 e. The van der Waals surface area contributed by atoms with Crippen LogP contribution in [0.5, 0.6) is 0 Å². The molecule has 1 aliphatic rings. The van der Waals surface area contributed by atoms with E-state index in [0.717, 1.165) is 52.8 Å². The van der Waals surface area contributed by atoms with E-state index in [2.05, 4.69) is 19.9 Å². The molecule has 1 aliphatic heterocycles. The van der Waals surface area contributed by atoms with Gasteiger partial charge in [0.2, 0.25) is 0 Å². The number of nitrogens with zero attached hydrogens (tertiary/aromatic N) is 4. The summed E-state index contributed by atoms with van der Waals surface area (Å²) in [5.74, 6) is 0.825. The zero-order valence-corrected chi connectivity index (χ0v) is 14.0. The molecule has 0 saturated carbocycles. The van der Waals surface area contributed by atoms with Gasteiger partial charge in [-0.15, -0.1) is 11.3 Å². The molecule has 1 aromatic carbocycles. The lowest BCUT2D eigenvalue weighted by Crippen LogP contribution is -2.35. The molecular weight excluding hydrogens is 349 g/mol. The van der Waals surface area contributed by atoms with E-state index in [4.69, 9.17) is 0 Å². The molecule has 0 amide bonds. The summed E-state index contributed by atoms with van der Waals surface area (Å²) in [5, 5.41) is 2.62. The van der Waals surface area contributed by atoms with Crippen LogP contribution in [0.3, 0.4) is 0 Å². The third kappa shape index (κ3) is 3.18. The summed E-state index contributed by atoms with van der Waals surface area (Å²) in [6, 6.07) is 7.76. The molecule has 0 spiro atoms. The second-order valence-corrected chi connectivity index (χ2v) is 6.96. The Hall–Kier alpha value is -2.22. The van der Waals surface area contributed by atoms with E-state index in [1.807, 2.05) is 24.3 Å². The van der Waals surface area contributed by atoms with Gasteiger partial charge < -0.3 is 4.90 Å². The molecular formula is C17H15F3N4S. The lowest BCUT2D eigenvalue weighted by atomic mass is 9.98. The van der Waals surface area contributed by atoms with E-state index >= 15 is 0 Å². The van der Waals surface area contributed by atoms with Crippen molar-refractivity contribution in [3.63, 3.8) is 0 Å². The molecule has 0 radical (unpaired) electrons. The van der Waals surface area contributed by atoms with Crippen molar-refractivity contribution in [3.8, 4) is 0 Å². The molecule has 0 aliphatic carbocycles. The average Bonchev–Trinajstić information content (AvgIpc) is 3.12. The third-order valence-electron chi connectivity index (χ3n) is 4.40. The molecule has 25 heavy (non-hydrogen) atoms. The molecule has 8 heteroatoms. The number of thiazole rings is 1. The van der Waals surface area contributed by atoms with Crippen molar-refractivity contribution in [1.82, 2.24) is 15.0 Å². The van der Waals surface area contributed by atoms with Gasteiger partial charge in [0.05, 0.1) is 10.5 Å². The number of rotatable bonds is 2. The average molecular weight is 364 g/mol. The zero-order valence-electron chi connectivity index (χ0n) is 13.2. The largest absolute Gasteiger partial charge is 0.434 e. The van der Waals surface area contributed by atoms with Crippen LogP contribution < -0.4 is 4.90 Å². The number of aromatic nitrogens is 3. The highest BCUT2D eigenvalue weighted by molar-refractivity contribution is 7.09. The third-order valence-corrected chi connectivity index (χ3v) is 5.41. The van der Waals surface area contributed by atoms with Crippen LogP contribution in [0.4, 0.5) is 19.0 Å². The first-order valence-electron chi connectivity index (χ1n) is 7.99. The van der Waals surface area contributed by atoms with Crippen LogP contribution in [0.2, 0.25) is 0 Å². The molecule has 0 bridgehead atoms. The van der Waals surface area contributed by atoms with E-state index < -0.39 is 11.9 Å². The summed E-state index contributed by atoms with van der Waals surface area (Å²) in [4.78, 5) is 14.7. The summed E-state index contributed by atoms with van der Waals surface area (Å²) in [7, 11) is 0. The van der Waals surface area contributed by atoms with Crippen LogP contribution in [0, 0.1) is 0 Å². The fourth-order valence-corrected chi connectivity index (χ4v) is 4.17. The Bertz CT molecular complexity index is 887. The van der Waals surface area contributed by atoms with Crippen LogP contribution in [0.25, 0.3) is 10.9 Å². The number of alkyl halides is 3. The van der Waals surface area contributed by atoms with Crippen molar-refractivity contribution >= 4 is 28.1 Å². The zero-order chi connectivity index (χ0) is 17.4. The lowest BCUT2D eigenvalue weighted by molar-refractivity contribution is -0.140. The fraction of sp³-hybridized carbons (Fsp3) is 0.353. The Morgan fingerprint density at radius 3 is 2.80 bits per heavy atom. The van der Waals surface area contributed by atoms with E-state index in [1.54, 1.807) is 0 Å². The number of fused-ring (bicyclic) bond motifs is 1. The molecule has 4 rings (SSSR count). The standard InChI is InChI=1S/C17H15F3N4S/c18-17(19,20)14-9-25-16(23-14)11-4-3-7-24(8-11)15-12-5-1-2-6-13(12)21-10-22-15/h1-2,5-6,9-11H,3-4,7-8H2. The van der Waals surface area contributed by atoms with Crippen molar-refractivity contribution in [2.24, 2.45) is 0 Å². The van der Waals surface area contributed by atoms with Crippen molar-refractivity contribution in [1.29, 1.82) is 0 Å². The second kappa shape index (κ2) is 6.25. The molecule has 0 N–H and O–H groups in total. The molecule has 130 valence electrons. The molecule has 3 heterocycles. The molecule has 1 saturated heterocycles. The maximum Gasteiger partial charge on any atom is 0.434 e. The van der Waals surface area contributed by atoms with Crippen molar-refractivity contribution < 1.29 is 13.2 Å². The number of anilines is 1. The summed E-state index contributed by atoms with van der Waals surface area (Å²) < 4.78 is 38.4. The van der Waals surface area contributed by atoms with Gasteiger partial charge in [0.15, 0.2) is 5.69 Å². The first-order valence-corrected chi connectivity index (χ1v) is 8.87. The quantitative estimate of drug-likeness (QED) is 0.672. The van der Waals surface area contributed by atoms with Crippen LogP contribution in [-0.2, 0) is 6.18 Å². The summed E-state index contributed by atoms with van der Waals surface area (Å²) in [5.41, 5.74) is 0.0698. The minimum Gasteiger partial charge on any atom is -0.355 e. The number of para-hydroxylation sites is 1. The molecule has 1 fully saturated rings. The van der Waals surface area contributed by atoms with Crippen LogP contribution in [0.15, 0.2) is 36.0 Å². The van der Waals surface area contributed by atoms with Gasteiger partial charge in [-0.1, -0.05) is 12.1 Å². The number of piperidine rings is 1. The van der Waals surface area contributed by atoms with Crippen molar-refractivity contribution in [2.75, 3.05) is 18.0 Å². The Morgan fingerprint density at radius 2 is 2.00 bits per heavy atom. The summed E-state index contributed by atoms with van der Waals surface area (Å²) in [6.07, 6.45) is -1.12. The number of hydrogen-bond acceptors (Lipinski definition) is 5. The Morgan fingerprint density at radius 1 is 1.16 bits per heavy atom. The number of benzene rings is 1. The Balaban J connectivity index is 1.62. The normalized spacial score (nSPS) is 18.7. The van der Waals surface area contributed by atoms with Gasteiger partial charge in [-0.05, 0) is 25.0 Å². The fourth-order valence-electron chi connectivity index (χ4n) is 3.22. The Labute approximate surface area is 146 Å². The van der Waals surface area contributed by atoms with Gasteiger partial charge in [0.25, 0.3) is 0 Å². The summed E-state index contributed by atoms with van der Waals surface area (Å²) >= 11 is 1.09. The van der Waals surface area contributed by atoms with Gasteiger partial charge >= 0.3 is 6.18 Å². The van der Waals surface area contributed by atoms with E-state index in [9.17, 15) is 13.2 Å². The number of hydrogen-bond donors (Lipinski definition) is 0. The van der Waals surface area contributed by atoms with Crippen LogP contribution in [-0.4, -0.2) is 28.0 Å². The highest BCUT2D eigenvalue weighted by Gasteiger charge is 2.35. The molecule has 4 nitrogen and oxygen atoms in total. The van der Waals surface area contributed by atoms with Gasteiger partial charge in [0, 0.05) is 29.8 Å². The second-order valence-electron chi connectivity index (χ2n) is 6.07. The predicted molar refractivity (Wildman–Crippen MR) is 90.8 cm³/mol. The molecule has 2 aromatic heterocycles. The monoisotopic (exact) mass is 364 g/mol. The highest BCUT2D eigenvalue weighted by atomic mass is 32.1. The maximum absolute atomic E-state index is 12.8. The van der Waals surface area contributed by atoms with Gasteiger partial charge in [-0.3, -0.25) is 0 Å². The van der Waals surface area contributed by atoms with Gasteiger partial charge in [-0.25, -0.2) is 15.0 Å². The van der Waals surface area contributed by atoms with Crippen molar-refractivity contribution in [2.45, 2.75) is 24.9 Å². The SMILES string of the molecule is FC(F)(F)c1csc(C2CCCN(c3ncnc4ccccc34)C2)n1. The van der Waals surface area contributed by atoms with Gasteiger partial charge in [0.1, 0.15) is 12.1 Å². The van der Waals surface area contributed by atoms with Gasteiger partial charge in [-0.2, -0.15) is 13.2 Å². The predicted octanol–water partition coefficient (Wildman–Crippen LogP) is 4.49. The van der Waals surface area contributed by atoms with E-state index in [0.29, 0.717) is 11.6 Å². The van der Waals surface area contributed by atoms with Crippen LogP contribution >= 0.6 is 11.3 Å². The van der Waals surface area contributed by atoms with Crippen LogP contribution in [0.1, 0.15) is 29.5 Å². The summed E-state index contributed by atoms with van der Waals surface area (Å²) in [6.45, 7) is 1.45. The molecule has 1 atom stereocenters. The topological polar surface area (TPSA) is 41.9 Å². The highest BCUT2D eigenvalue weighted by Crippen LogP contribution is 2.36. The van der Waals surface area contributed by atoms with E-state index in [1.165, 1.54) is 6.33 Å². The molecule has 1 unspecified atom stereocenters. The minimum atomic E-state index is -4.38. The van der Waals surface area contributed by atoms with E-state index in [-0.39, 0.29) is 5.92 Å². The Kier molecular flexibility index (Phi) is 4.07. The minimum absolute atomic E-state index is 0.0106.